The van der Waals surface area contributed by atoms with Gasteiger partial charge in [-0.25, -0.2) is 4.79 Å². The molecule has 1 heterocycles. The van der Waals surface area contributed by atoms with Crippen LogP contribution in [0.5, 0.6) is 5.75 Å². The molecule has 0 amide bonds. The van der Waals surface area contributed by atoms with Crippen molar-refractivity contribution in [2.24, 2.45) is 0 Å². The lowest BCUT2D eigenvalue weighted by atomic mass is 9.99. The molecule has 1 fully saturated rings. The Bertz CT molecular complexity index is 870. The molecule has 0 spiro atoms. The number of carboxylic acid groups (broad SMARTS) is 1. The molecule has 6 atom stereocenters. The number of benzene rings is 2. The van der Waals surface area contributed by atoms with Crippen molar-refractivity contribution in [1.29, 1.82) is 0 Å². The monoisotopic (exact) mass is 435 g/mol. The van der Waals surface area contributed by atoms with Gasteiger partial charge in [-0.3, -0.25) is 0 Å². The second kappa shape index (κ2) is 10.4. The average molecular weight is 435 g/mol. The molecular weight excluding hydrogens is 406 g/mol. The van der Waals surface area contributed by atoms with E-state index in [1.165, 1.54) is 0 Å². The lowest BCUT2D eigenvalue weighted by molar-refractivity contribution is -0.305. The quantitative estimate of drug-likeness (QED) is 0.381. The summed E-state index contributed by atoms with van der Waals surface area (Å²) in [5.74, 6) is -0.809. The molecule has 31 heavy (non-hydrogen) atoms. The van der Waals surface area contributed by atoms with E-state index in [1.807, 2.05) is 56.3 Å². The maximum atomic E-state index is 11.3. The first kappa shape index (κ1) is 23.4. The fraction of sp³-hybridized carbons (Fsp3) is 0.500. The van der Waals surface area contributed by atoms with E-state index in [0.29, 0.717) is 12.3 Å². The van der Waals surface area contributed by atoms with Crippen LogP contribution >= 0.6 is 0 Å². The number of fused-ring (bicyclic) bond motifs is 1. The molecular formula is C22H29NO8. The summed E-state index contributed by atoms with van der Waals surface area (Å²) in [4.78, 5) is 11.3. The van der Waals surface area contributed by atoms with Crippen molar-refractivity contribution in [1.82, 2.24) is 5.32 Å². The second-order valence-electron chi connectivity index (χ2n) is 7.84. The fourth-order valence-electron chi connectivity index (χ4n) is 3.37. The summed E-state index contributed by atoms with van der Waals surface area (Å²) < 4.78 is 17.0. The summed E-state index contributed by atoms with van der Waals surface area (Å²) in [5.41, 5.74) is 0. The van der Waals surface area contributed by atoms with Gasteiger partial charge in [0, 0.05) is 18.0 Å². The molecule has 2 aromatic carbocycles. The molecule has 170 valence electrons. The van der Waals surface area contributed by atoms with Gasteiger partial charge in [0.2, 0.25) is 0 Å². The molecule has 0 saturated carbocycles. The highest BCUT2D eigenvalue weighted by molar-refractivity contribution is 5.88. The number of hydrogen-bond donors (Lipinski definition) is 5. The maximum Gasteiger partial charge on any atom is 0.335 e. The van der Waals surface area contributed by atoms with Crippen LogP contribution < -0.4 is 10.1 Å². The normalized spacial score (nSPS) is 27.4. The molecule has 3 rings (SSSR count). The van der Waals surface area contributed by atoms with Crippen LogP contribution in [0.2, 0.25) is 0 Å². The third kappa shape index (κ3) is 5.70. The summed E-state index contributed by atoms with van der Waals surface area (Å²) >= 11 is 0. The minimum Gasteiger partial charge on any atom is -0.490 e. The molecule has 1 unspecified atom stereocenters. The molecule has 1 saturated heterocycles. The van der Waals surface area contributed by atoms with Crippen LogP contribution in [0.4, 0.5) is 0 Å². The SMILES string of the molecule is CC(C)NC[C@H](COc1cccc2ccccc12)OC1O[C@H](C(=O)O)[C@@H](O)[C@H](O)[C@H]1O. The smallest absolute Gasteiger partial charge is 0.335 e. The first-order valence-corrected chi connectivity index (χ1v) is 10.2. The van der Waals surface area contributed by atoms with E-state index in [2.05, 4.69) is 5.32 Å². The number of aliphatic hydroxyl groups excluding tert-OH is 3. The number of rotatable bonds is 9. The zero-order valence-corrected chi connectivity index (χ0v) is 17.4. The highest BCUT2D eigenvalue weighted by Crippen LogP contribution is 2.26. The van der Waals surface area contributed by atoms with Crippen LogP contribution in [0, 0.1) is 0 Å². The van der Waals surface area contributed by atoms with Crippen molar-refractivity contribution in [3.63, 3.8) is 0 Å². The van der Waals surface area contributed by atoms with Gasteiger partial charge < -0.3 is 40.0 Å². The summed E-state index contributed by atoms with van der Waals surface area (Å²) in [6.07, 6.45) is -8.93. The van der Waals surface area contributed by atoms with Crippen molar-refractivity contribution in [2.75, 3.05) is 13.2 Å². The number of aliphatic hydroxyl groups is 3. The van der Waals surface area contributed by atoms with Crippen molar-refractivity contribution < 1.29 is 39.4 Å². The molecule has 5 N–H and O–H groups in total. The highest BCUT2D eigenvalue weighted by atomic mass is 16.7. The van der Waals surface area contributed by atoms with Crippen molar-refractivity contribution in [3.8, 4) is 5.75 Å². The minimum absolute atomic E-state index is 0.0801. The van der Waals surface area contributed by atoms with Crippen LogP contribution in [0.1, 0.15) is 13.8 Å². The minimum atomic E-state index is -1.77. The van der Waals surface area contributed by atoms with Gasteiger partial charge in [0.1, 0.15) is 36.8 Å². The number of hydrogen-bond acceptors (Lipinski definition) is 8. The Morgan fingerprint density at radius 3 is 2.48 bits per heavy atom. The van der Waals surface area contributed by atoms with Crippen LogP contribution in [0.15, 0.2) is 42.5 Å². The maximum absolute atomic E-state index is 11.3. The first-order chi connectivity index (χ1) is 14.8. The Labute approximate surface area is 180 Å². The van der Waals surface area contributed by atoms with E-state index in [1.54, 1.807) is 0 Å². The van der Waals surface area contributed by atoms with Gasteiger partial charge in [0.15, 0.2) is 12.4 Å². The first-order valence-electron chi connectivity index (χ1n) is 10.2. The van der Waals surface area contributed by atoms with Gasteiger partial charge in [-0.15, -0.1) is 0 Å². The van der Waals surface area contributed by atoms with Gasteiger partial charge in [0.05, 0.1) is 0 Å². The summed E-state index contributed by atoms with van der Waals surface area (Å²) in [6.45, 7) is 4.31. The molecule has 9 heteroatoms. The molecule has 0 aromatic heterocycles. The third-order valence-electron chi connectivity index (χ3n) is 5.07. The van der Waals surface area contributed by atoms with E-state index in [9.17, 15) is 25.2 Å². The molecule has 0 radical (unpaired) electrons. The fourth-order valence-corrected chi connectivity index (χ4v) is 3.37. The van der Waals surface area contributed by atoms with Crippen LogP contribution in [0.25, 0.3) is 10.8 Å². The Balaban J connectivity index is 1.73. The lowest BCUT2D eigenvalue weighted by Crippen LogP contribution is -2.61. The molecule has 9 nitrogen and oxygen atoms in total. The zero-order valence-electron chi connectivity index (χ0n) is 17.4. The van der Waals surface area contributed by atoms with Crippen LogP contribution in [-0.2, 0) is 14.3 Å². The number of carbonyl (C=O) groups is 1. The largest absolute Gasteiger partial charge is 0.490 e. The van der Waals surface area contributed by atoms with E-state index >= 15 is 0 Å². The van der Waals surface area contributed by atoms with E-state index in [0.717, 1.165) is 10.8 Å². The van der Waals surface area contributed by atoms with Crippen LogP contribution in [0.3, 0.4) is 0 Å². The van der Waals surface area contributed by atoms with Crippen LogP contribution in [-0.4, -0.2) is 82.4 Å². The second-order valence-corrected chi connectivity index (χ2v) is 7.84. The zero-order chi connectivity index (χ0) is 22.5. The van der Waals surface area contributed by atoms with Crippen molar-refractivity contribution in [3.05, 3.63) is 42.5 Å². The van der Waals surface area contributed by atoms with Gasteiger partial charge in [0.25, 0.3) is 0 Å². The predicted octanol–water partition coefficient (Wildman–Crippen LogP) is 0.494. The highest BCUT2D eigenvalue weighted by Gasteiger charge is 2.48. The molecule has 0 bridgehead atoms. The average Bonchev–Trinajstić information content (AvgIpc) is 2.75. The molecule has 2 aromatic rings. The number of nitrogens with one attached hydrogen (secondary N) is 1. The Morgan fingerprint density at radius 2 is 1.77 bits per heavy atom. The third-order valence-corrected chi connectivity index (χ3v) is 5.07. The summed E-state index contributed by atoms with van der Waals surface area (Å²) in [7, 11) is 0. The Morgan fingerprint density at radius 1 is 1.06 bits per heavy atom. The van der Waals surface area contributed by atoms with Crippen molar-refractivity contribution in [2.45, 2.75) is 56.7 Å². The van der Waals surface area contributed by atoms with E-state index in [-0.39, 0.29) is 12.6 Å². The van der Waals surface area contributed by atoms with Gasteiger partial charge in [-0.05, 0) is 11.5 Å². The standard InChI is InChI=1S/C22H29NO8/c1-12(2)23-10-14(11-29-16-9-5-7-13-6-3-4-8-15(13)16)30-22-19(26)17(24)18(25)20(31-22)21(27)28/h3-9,12,14,17-20,22-26H,10-11H2,1-2H3,(H,27,28)/t14-,17+,18+,19-,20+,22?/m1/s1. The van der Waals surface area contributed by atoms with Crippen molar-refractivity contribution >= 4 is 16.7 Å². The Hall–Kier alpha value is -2.27. The number of carboxylic acids is 1. The molecule has 1 aliphatic heterocycles. The summed E-state index contributed by atoms with van der Waals surface area (Å²) in [5, 5.41) is 44.5. The molecule has 1 aliphatic rings. The summed E-state index contributed by atoms with van der Waals surface area (Å²) in [6, 6.07) is 13.6. The lowest BCUT2D eigenvalue weighted by Gasteiger charge is -2.39. The van der Waals surface area contributed by atoms with E-state index in [4.69, 9.17) is 14.2 Å². The number of aliphatic carboxylic acids is 1. The number of ether oxygens (including phenoxy) is 3. The van der Waals surface area contributed by atoms with Gasteiger partial charge in [-0.1, -0.05) is 50.2 Å². The predicted molar refractivity (Wildman–Crippen MR) is 112 cm³/mol. The Kier molecular flexibility index (Phi) is 7.82. The van der Waals surface area contributed by atoms with E-state index < -0.39 is 42.8 Å². The van der Waals surface area contributed by atoms with Gasteiger partial charge >= 0.3 is 5.97 Å². The molecule has 0 aliphatic carbocycles. The van der Waals surface area contributed by atoms with Gasteiger partial charge in [-0.2, -0.15) is 0 Å². The topological polar surface area (TPSA) is 138 Å².